The van der Waals surface area contributed by atoms with E-state index in [9.17, 15) is 9.90 Å². The van der Waals surface area contributed by atoms with Crippen LogP contribution in [-0.4, -0.2) is 47.1 Å². The molecule has 2 bridgehead atoms. The second-order valence-electron chi connectivity index (χ2n) is 9.36. The number of anilines is 1. The van der Waals surface area contributed by atoms with Crippen LogP contribution >= 0.6 is 0 Å². The first-order valence-electron chi connectivity index (χ1n) is 10.7. The van der Waals surface area contributed by atoms with Crippen molar-refractivity contribution < 1.29 is 9.90 Å². The number of aromatic hydroxyl groups is 1. The Balaban J connectivity index is 1.25. The topological polar surface area (TPSA) is 56.7 Å². The summed E-state index contributed by atoms with van der Waals surface area (Å²) in [5.41, 5.74) is 0.376. The van der Waals surface area contributed by atoms with Gasteiger partial charge in [0, 0.05) is 32.6 Å². The summed E-state index contributed by atoms with van der Waals surface area (Å²) in [5.74, 6) is 3.22. The fourth-order valence-electron chi connectivity index (χ4n) is 5.77. The highest BCUT2D eigenvalue weighted by Crippen LogP contribution is 2.50. The van der Waals surface area contributed by atoms with Crippen molar-refractivity contribution in [2.24, 2.45) is 17.3 Å². The minimum atomic E-state index is 0.188. The molecule has 2 saturated carbocycles. The molecule has 4 rings (SSSR count). The number of fused-ring (bicyclic) bond motifs is 2. The zero-order valence-corrected chi connectivity index (χ0v) is 16.6. The standard InChI is InChI=1S/C22H33N3O2/c1-22(14-17-3-2-4-18(13-17)15-22)8-7-21(27)25-11-9-24(10-12-25)20-6-5-19(26)16-23-20/h5-6,16-18,26H,2-4,7-15H2,1H3. The van der Waals surface area contributed by atoms with Gasteiger partial charge in [-0.3, -0.25) is 4.79 Å². The van der Waals surface area contributed by atoms with Crippen LogP contribution in [0.3, 0.4) is 0 Å². The monoisotopic (exact) mass is 371 g/mol. The van der Waals surface area contributed by atoms with Crippen LogP contribution in [0.1, 0.15) is 58.3 Å². The number of piperazine rings is 1. The molecule has 1 aromatic heterocycles. The number of hydrogen-bond donors (Lipinski definition) is 1. The Morgan fingerprint density at radius 2 is 1.89 bits per heavy atom. The lowest BCUT2D eigenvalue weighted by molar-refractivity contribution is -0.132. The van der Waals surface area contributed by atoms with Gasteiger partial charge in [0.25, 0.3) is 0 Å². The first-order chi connectivity index (χ1) is 13.0. The number of amides is 1. The molecule has 0 aromatic carbocycles. The van der Waals surface area contributed by atoms with E-state index in [0.717, 1.165) is 50.3 Å². The number of carbonyl (C=O) groups excluding carboxylic acids is 1. The number of pyridine rings is 1. The smallest absolute Gasteiger partial charge is 0.222 e. The highest BCUT2D eigenvalue weighted by Gasteiger charge is 2.39. The van der Waals surface area contributed by atoms with Gasteiger partial charge in [0.2, 0.25) is 5.91 Å². The SMILES string of the molecule is CC1(CCC(=O)N2CCN(c3ccc(O)cn3)CC2)CC2CCCC(C2)C1. The lowest BCUT2D eigenvalue weighted by Gasteiger charge is -2.46. The highest BCUT2D eigenvalue weighted by molar-refractivity contribution is 5.76. The van der Waals surface area contributed by atoms with Gasteiger partial charge in [0.15, 0.2) is 0 Å². The number of aromatic nitrogens is 1. The summed E-state index contributed by atoms with van der Waals surface area (Å²) in [5, 5.41) is 9.38. The van der Waals surface area contributed by atoms with E-state index in [1.54, 1.807) is 6.07 Å². The van der Waals surface area contributed by atoms with E-state index in [1.165, 1.54) is 44.7 Å². The molecule has 3 aliphatic rings. The van der Waals surface area contributed by atoms with Crippen molar-refractivity contribution in [3.63, 3.8) is 0 Å². The van der Waals surface area contributed by atoms with Crippen LogP contribution in [0.15, 0.2) is 18.3 Å². The second kappa shape index (κ2) is 7.69. The zero-order valence-electron chi connectivity index (χ0n) is 16.6. The molecular weight excluding hydrogens is 338 g/mol. The van der Waals surface area contributed by atoms with Crippen molar-refractivity contribution in [3.8, 4) is 5.75 Å². The Morgan fingerprint density at radius 1 is 1.19 bits per heavy atom. The van der Waals surface area contributed by atoms with Gasteiger partial charge in [0.05, 0.1) is 6.20 Å². The maximum Gasteiger partial charge on any atom is 0.222 e. The van der Waals surface area contributed by atoms with E-state index in [-0.39, 0.29) is 5.75 Å². The van der Waals surface area contributed by atoms with Crippen LogP contribution in [0, 0.1) is 17.3 Å². The first-order valence-corrected chi connectivity index (χ1v) is 10.7. The summed E-state index contributed by atoms with van der Waals surface area (Å²) >= 11 is 0. The van der Waals surface area contributed by atoms with Gasteiger partial charge in [-0.1, -0.05) is 26.2 Å². The Labute approximate surface area is 162 Å². The van der Waals surface area contributed by atoms with Crippen molar-refractivity contribution in [1.82, 2.24) is 9.88 Å². The molecule has 1 saturated heterocycles. The van der Waals surface area contributed by atoms with E-state index in [0.29, 0.717) is 17.7 Å². The van der Waals surface area contributed by atoms with Crippen LogP contribution in [-0.2, 0) is 4.79 Å². The summed E-state index contributed by atoms with van der Waals surface area (Å²) in [6.45, 7) is 5.59. The molecule has 1 aromatic rings. The van der Waals surface area contributed by atoms with Gasteiger partial charge in [-0.25, -0.2) is 4.98 Å². The molecule has 27 heavy (non-hydrogen) atoms. The molecule has 2 unspecified atom stereocenters. The van der Waals surface area contributed by atoms with Gasteiger partial charge in [-0.05, 0) is 55.1 Å². The number of hydrogen-bond acceptors (Lipinski definition) is 4. The van der Waals surface area contributed by atoms with E-state index in [1.807, 2.05) is 11.0 Å². The van der Waals surface area contributed by atoms with Gasteiger partial charge >= 0.3 is 0 Å². The number of nitrogens with zero attached hydrogens (tertiary/aromatic N) is 3. The molecule has 1 aliphatic heterocycles. The van der Waals surface area contributed by atoms with Crippen molar-refractivity contribution >= 4 is 11.7 Å². The Bertz CT molecular complexity index is 640. The third kappa shape index (κ3) is 4.39. The van der Waals surface area contributed by atoms with E-state index < -0.39 is 0 Å². The predicted octanol–water partition coefficient (Wildman–Crippen LogP) is 3.82. The van der Waals surface area contributed by atoms with Crippen molar-refractivity contribution in [3.05, 3.63) is 18.3 Å². The van der Waals surface area contributed by atoms with Crippen LogP contribution in [0.4, 0.5) is 5.82 Å². The second-order valence-corrected chi connectivity index (χ2v) is 9.36. The third-order valence-corrected chi connectivity index (χ3v) is 7.09. The molecule has 1 N–H and O–H groups in total. The minimum Gasteiger partial charge on any atom is -0.506 e. The van der Waals surface area contributed by atoms with Crippen LogP contribution < -0.4 is 4.90 Å². The van der Waals surface area contributed by atoms with Crippen molar-refractivity contribution in [1.29, 1.82) is 0 Å². The maximum absolute atomic E-state index is 12.8. The summed E-state index contributed by atoms with van der Waals surface area (Å²) in [4.78, 5) is 21.3. The normalized spacial score (nSPS) is 31.0. The molecule has 1 amide bonds. The third-order valence-electron chi connectivity index (χ3n) is 7.09. The Hall–Kier alpha value is -1.78. The molecule has 0 radical (unpaired) electrons. The van der Waals surface area contributed by atoms with E-state index >= 15 is 0 Å². The maximum atomic E-state index is 12.8. The van der Waals surface area contributed by atoms with Gasteiger partial charge in [-0.2, -0.15) is 0 Å². The molecule has 5 nitrogen and oxygen atoms in total. The summed E-state index contributed by atoms with van der Waals surface area (Å²) in [6, 6.07) is 3.51. The van der Waals surface area contributed by atoms with Crippen molar-refractivity contribution in [2.75, 3.05) is 31.1 Å². The summed E-state index contributed by atoms with van der Waals surface area (Å²) in [6.07, 6.45) is 11.6. The molecule has 2 atom stereocenters. The predicted molar refractivity (Wildman–Crippen MR) is 107 cm³/mol. The van der Waals surface area contributed by atoms with Gasteiger partial charge in [0.1, 0.15) is 11.6 Å². The average Bonchev–Trinajstić information content (AvgIpc) is 2.67. The molecule has 2 heterocycles. The molecular formula is C22H33N3O2. The van der Waals surface area contributed by atoms with Gasteiger partial charge < -0.3 is 14.9 Å². The van der Waals surface area contributed by atoms with Crippen LogP contribution in [0.25, 0.3) is 0 Å². The number of rotatable bonds is 4. The molecule has 148 valence electrons. The quantitative estimate of drug-likeness (QED) is 0.874. The lowest BCUT2D eigenvalue weighted by Crippen LogP contribution is -2.49. The average molecular weight is 372 g/mol. The first kappa shape index (κ1) is 18.6. The fourth-order valence-corrected chi connectivity index (χ4v) is 5.77. The summed E-state index contributed by atoms with van der Waals surface area (Å²) < 4.78 is 0. The molecule has 5 heteroatoms. The zero-order chi connectivity index (χ0) is 18.9. The molecule has 2 aliphatic carbocycles. The van der Waals surface area contributed by atoms with Crippen LogP contribution in [0.5, 0.6) is 5.75 Å². The largest absolute Gasteiger partial charge is 0.506 e. The number of carbonyl (C=O) groups is 1. The lowest BCUT2D eigenvalue weighted by atomic mass is 9.60. The Kier molecular flexibility index (Phi) is 5.29. The minimum absolute atomic E-state index is 0.188. The molecule has 0 spiro atoms. The van der Waals surface area contributed by atoms with E-state index in [2.05, 4.69) is 16.8 Å². The molecule has 3 fully saturated rings. The summed E-state index contributed by atoms with van der Waals surface area (Å²) in [7, 11) is 0. The fraction of sp³-hybridized carbons (Fsp3) is 0.727. The highest BCUT2D eigenvalue weighted by atomic mass is 16.3. The Morgan fingerprint density at radius 3 is 2.52 bits per heavy atom. The van der Waals surface area contributed by atoms with Crippen LogP contribution in [0.2, 0.25) is 0 Å². The van der Waals surface area contributed by atoms with Gasteiger partial charge in [-0.15, -0.1) is 0 Å². The van der Waals surface area contributed by atoms with E-state index in [4.69, 9.17) is 0 Å². The van der Waals surface area contributed by atoms with Crippen molar-refractivity contribution in [2.45, 2.75) is 58.3 Å².